The van der Waals surface area contributed by atoms with Gasteiger partial charge in [-0.2, -0.15) is 0 Å². The largest absolute Gasteiger partial charge is 0.486 e. The molecule has 0 aliphatic carbocycles. The highest BCUT2D eigenvalue weighted by atomic mass is 79.9. The molecule has 1 N–H and O–H groups in total. The molecule has 0 spiro atoms. The molecule has 1 aliphatic heterocycles. The standard InChI is InChI=1S/C15H11BrN2O2/c16-10-4-2-1-3-9(10)15-17-11-7-13-14(8-12(11)18-15)20-6-5-19-13/h1-4,7-8H,5-6H2,(H,17,18). The van der Waals surface area contributed by atoms with Crippen molar-refractivity contribution in [3.8, 4) is 22.9 Å². The van der Waals surface area contributed by atoms with Crippen molar-refractivity contribution < 1.29 is 9.47 Å². The van der Waals surface area contributed by atoms with Crippen molar-refractivity contribution in [3.05, 3.63) is 40.9 Å². The van der Waals surface area contributed by atoms with E-state index >= 15 is 0 Å². The van der Waals surface area contributed by atoms with E-state index in [0.717, 1.165) is 38.4 Å². The average molecular weight is 331 g/mol. The molecule has 0 bridgehead atoms. The summed E-state index contributed by atoms with van der Waals surface area (Å²) < 4.78 is 12.2. The van der Waals surface area contributed by atoms with E-state index in [9.17, 15) is 0 Å². The van der Waals surface area contributed by atoms with Gasteiger partial charge >= 0.3 is 0 Å². The van der Waals surface area contributed by atoms with Crippen LogP contribution in [0.2, 0.25) is 0 Å². The first-order valence-electron chi connectivity index (χ1n) is 6.35. The number of aromatic amines is 1. The molecule has 1 aliphatic rings. The zero-order valence-corrected chi connectivity index (χ0v) is 12.1. The quantitative estimate of drug-likeness (QED) is 0.738. The van der Waals surface area contributed by atoms with E-state index in [2.05, 4.69) is 25.9 Å². The molecule has 1 aromatic heterocycles. The van der Waals surface area contributed by atoms with E-state index in [0.29, 0.717) is 13.2 Å². The molecule has 0 saturated carbocycles. The smallest absolute Gasteiger partial charge is 0.163 e. The minimum absolute atomic E-state index is 0.583. The second kappa shape index (κ2) is 4.52. The van der Waals surface area contributed by atoms with Crippen LogP contribution < -0.4 is 9.47 Å². The predicted octanol–water partition coefficient (Wildman–Crippen LogP) is 3.76. The summed E-state index contributed by atoms with van der Waals surface area (Å²) in [4.78, 5) is 7.96. The zero-order valence-electron chi connectivity index (χ0n) is 10.5. The third-order valence-corrected chi connectivity index (χ3v) is 3.97. The number of rotatable bonds is 1. The Labute approximate surface area is 123 Å². The van der Waals surface area contributed by atoms with E-state index in [1.54, 1.807) is 0 Å². The highest BCUT2D eigenvalue weighted by molar-refractivity contribution is 9.10. The lowest BCUT2D eigenvalue weighted by molar-refractivity contribution is 0.172. The van der Waals surface area contributed by atoms with Crippen LogP contribution in [0.4, 0.5) is 0 Å². The molecule has 0 saturated heterocycles. The Morgan fingerprint density at radius 3 is 2.60 bits per heavy atom. The maximum atomic E-state index is 5.59. The highest BCUT2D eigenvalue weighted by Gasteiger charge is 2.15. The van der Waals surface area contributed by atoms with Crippen LogP contribution in [-0.2, 0) is 0 Å². The summed E-state index contributed by atoms with van der Waals surface area (Å²) in [5.74, 6) is 2.36. The number of nitrogens with one attached hydrogen (secondary N) is 1. The first kappa shape index (κ1) is 11.8. The highest BCUT2D eigenvalue weighted by Crippen LogP contribution is 2.35. The number of nitrogens with zero attached hydrogens (tertiary/aromatic N) is 1. The van der Waals surface area contributed by atoms with Crippen molar-refractivity contribution in [1.82, 2.24) is 9.97 Å². The Morgan fingerprint density at radius 1 is 1.05 bits per heavy atom. The molecule has 20 heavy (non-hydrogen) atoms. The predicted molar refractivity (Wildman–Crippen MR) is 80.2 cm³/mol. The summed E-state index contributed by atoms with van der Waals surface area (Å²) in [6.07, 6.45) is 0. The third kappa shape index (κ3) is 1.86. The van der Waals surface area contributed by atoms with Gasteiger partial charge in [0.05, 0.1) is 11.0 Å². The Morgan fingerprint density at radius 2 is 1.80 bits per heavy atom. The summed E-state index contributed by atoms with van der Waals surface area (Å²) in [5.41, 5.74) is 2.85. The van der Waals surface area contributed by atoms with Crippen molar-refractivity contribution in [3.63, 3.8) is 0 Å². The first-order chi connectivity index (χ1) is 9.81. The summed E-state index contributed by atoms with van der Waals surface area (Å²) in [6, 6.07) is 11.9. The first-order valence-corrected chi connectivity index (χ1v) is 7.15. The van der Waals surface area contributed by atoms with Gasteiger partial charge in [0.2, 0.25) is 0 Å². The van der Waals surface area contributed by atoms with Crippen molar-refractivity contribution in [2.24, 2.45) is 0 Å². The van der Waals surface area contributed by atoms with Crippen molar-refractivity contribution in [1.29, 1.82) is 0 Å². The Kier molecular flexibility index (Phi) is 2.67. The molecule has 100 valence electrons. The lowest BCUT2D eigenvalue weighted by atomic mass is 10.2. The van der Waals surface area contributed by atoms with Crippen molar-refractivity contribution in [2.45, 2.75) is 0 Å². The fourth-order valence-corrected chi connectivity index (χ4v) is 2.80. The maximum absolute atomic E-state index is 5.59. The van der Waals surface area contributed by atoms with Gasteiger partial charge in [0.25, 0.3) is 0 Å². The minimum Gasteiger partial charge on any atom is -0.486 e. The van der Waals surface area contributed by atoms with E-state index in [-0.39, 0.29) is 0 Å². The Bertz CT molecular complexity index is 755. The molecule has 3 aromatic rings. The van der Waals surface area contributed by atoms with E-state index in [1.165, 1.54) is 0 Å². The maximum Gasteiger partial charge on any atom is 0.163 e. The second-order valence-electron chi connectivity index (χ2n) is 4.58. The van der Waals surface area contributed by atoms with Crippen LogP contribution >= 0.6 is 15.9 Å². The van der Waals surface area contributed by atoms with Crippen LogP contribution in [0.25, 0.3) is 22.4 Å². The van der Waals surface area contributed by atoms with E-state index in [1.807, 2.05) is 36.4 Å². The average Bonchev–Trinajstić information content (AvgIpc) is 2.87. The van der Waals surface area contributed by atoms with Gasteiger partial charge < -0.3 is 14.5 Å². The molecule has 0 amide bonds. The molecule has 4 nitrogen and oxygen atoms in total. The molecule has 2 heterocycles. The third-order valence-electron chi connectivity index (χ3n) is 3.27. The molecular formula is C15H11BrN2O2. The summed E-state index contributed by atoms with van der Waals surface area (Å²) in [5, 5.41) is 0. The molecule has 0 unspecified atom stereocenters. The van der Waals surface area contributed by atoms with Crippen LogP contribution in [-0.4, -0.2) is 23.2 Å². The molecule has 0 fully saturated rings. The van der Waals surface area contributed by atoms with Crippen LogP contribution in [0, 0.1) is 0 Å². The Hall–Kier alpha value is -2.01. The Balaban J connectivity index is 1.89. The topological polar surface area (TPSA) is 47.1 Å². The van der Waals surface area contributed by atoms with Crippen molar-refractivity contribution in [2.75, 3.05) is 13.2 Å². The van der Waals surface area contributed by atoms with Crippen LogP contribution in [0.15, 0.2) is 40.9 Å². The molecule has 0 atom stereocenters. The van der Waals surface area contributed by atoms with Gasteiger partial charge in [-0.15, -0.1) is 0 Å². The molecule has 0 radical (unpaired) electrons. The van der Waals surface area contributed by atoms with Crippen molar-refractivity contribution >= 4 is 27.0 Å². The number of imidazole rings is 1. The number of halogens is 1. The number of H-pyrrole nitrogens is 1. The molecular weight excluding hydrogens is 320 g/mol. The summed E-state index contributed by atoms with van der Waals surface area (Å²) in [7, 11) is 0. The monoisotopic (exact) mass is 330 g/mol. The number of benzene rings is 2. The number of fused-ring (bicyclic) bond motifs is 2. The van der Waals surface area contributed by atoms with Gasteiger partial charge in [-0.3, -0.25) is 0 Å². The molecule has 4 rings (SSSR count). The normalized spacial score (nSPS) is 13.7. The van der Waals surface area contributed by atoms with Gasteiger partial charge in [-0.05, 0) is 6.07 Å². The number of aromatic nitrogens is 2. The van der Waals surface area contributed by atoms with Crippen LogP contribution in [0.1, 0.15) is 0 Å². The fourth-order valence-electron chi connectivity index (χ4n) is 2.33. The minimum atomic E-state index is 0.583. The number of ether oxygens (including phenoxy) is 2. The lowest BCUT2D eigenvalue weighted by Gasteiger charge is -2.17. The van der Waals surface area contributed by atoms with E-state index < -0.39 is 0 Å². The fraction of sp³-hybridized carbons (Fsp3) is 0.133. The van der Waals surface area contributed by atoms with Gasteiger partial charge in [0.1, 0.15) is 19.0 Å². The van der Waals surface area contributed by atoms with Crippen LogP contribution in [0.5, 0.6) is 11.5 Å². The molecule has 2 aromatic carbocycles. The lowest BCUT2D eigenvalue weighted by Crippen LogP contribution is -2.15. The van der Waals surface area contributed by atoms with Gasteiger partial charge in [0, 0.05) is 22.2 Å². The number of hydrogen-bond donors (Lipinski definition) is 1. The van der Waals surface area contributed by atoms with Gasteiger partial charge in [-0.25, -0.2) is 4.98 Å². The molecule has 5 heteroatoms. The van der Waals surface area contributed by atoms with Gasteiger partial charge in [0.15, 0.2) is 11.5 Å². The summed E-state index contributed by atoms with van der Waals surface area (Å²) in [6.45, 7) is 1.17. The van der Waals surface area contributed by atoms with E-state index in [4.69, 9.17) is 9.47 Å². The van der Waals surface area contributed by atoms with Gasteiger partial charge in [-0.1, -0.05) is 34.1 Å². The number of hydrogen-bond acceptors (Lipinski definition) is 3. The SMILES string of the molecule is Brc1ccccc1-c1nc2cc3c(cc2[nH]1)OCCO3. The zero-order chi connectivity index (χ0) is 13.5. The van der Waals surface area contributed by atoms with Crippen LogP contribution in [0.3, 0.4) is 0 Å². The second-order valence-corrected chi connectivity index (χ2v) is 5.43. The summed E-state index contributed by atoms with van der Waals surface area (Å²) >= 11 is 3.55.